The van der Waals surface area contributed by atoms with E-state index in [0.717, 1.165) is 27.8 Å². The molecule has 1 amide bonds. The lowest BCUT2D eigenvalue weighted by atomic mass is 9.99. The summed E-state index contributed by atoms with van der Waals surface area (Å²) in [6.07, 6.45) is 2.15. The molecule has 0 fully saturated rings. The number of rotatable bonds is 5. The minimum absolute atomic E-state index is 0.278. The first-order valence-corrected chi connectivity index (χ1v) is 10.1. The summed E-state index contributed by atoms with van der Waals surface area (Å²) in [7, 11) is 1.82. The van der Waals surface area contributed by atoms with Gasteiger partial charge in [0.15, 0.2) is 0 Å². The van der Waals surface area contributed by atoms with E-state index in [1.807, 2.05) is 46.0 Å². The van der Waals surface area contributed by atoms with Crippen molar-refractivity contribution in [2.24, 2.45) is 7.05 Å². The molecule has 1 aromatic heterocycles. The average Bonchev–Trinajstić information content (AvgIpc) is 2.95. The van der Waals surface area contributed by atoms with Crippen LogP contribution in [-0.4, -0.2) is 46.1 Å². The zero-order valence-electron chi connectivity index (χ0n) is 16.7. The largest absolute Gasteiger partial charge is 0.490 e. The van der Waals surface area contributed by atoms with Crippen LogP contribution in [0.25, 0.3) is 0 Å². The number of hydrogen-bond donors (Lipinski definition) is 0. The molecule has 8 heteroatoms. The van der Waals surface area contributed by atoms with E-state index in [1.165, 1.54) is 0 Å². The van der Waals surface area contributed by atoms with E-state index < -0.39 is 5.60 Å². The predicted octanol–water partition coefficient (Wildman–Crippen LogP) is 3.93. The average molecular weight is 452 g/mol. The molecule has 0 atom stereocenters. The number of aromatic nitrogens is 2. The van der Waals surface area contributed by atoms with Crippen LogP contribution in [0.15, 0.2) is 28.9 Å². The summed E-state index contributed by atoms with van der Waals surface area (Å²) >= 11 is 3.41. The van der Waals surface area contributed by atoms with Crippen molar-refractivity contribution >= 4 is 22.0 Å². The first-order chi connectivity index (χ1) is 13.2. The van der Waals surface area contributed by atoms with Crippen molar-refractivity contribution in [2.45, 2.75) is 39.3 Å². The quantitative estimate of drug-likeness (QED) is 0.644. The van der Waals surface area contributed by atoms with Gasteiger partial charge in [0, 0.05) is 25.7 Å². The highest BCUT2D eigenvalue weighted by Crippen LogP contribution is 2.29. The van der Waals surface area contributed by atoms with Gasteiger partial charge in [-0.3, -0.25) is 0 Å². The molecule has 0 bridgehead atoms. The second-order valence-electron chi connectivity index (χ2n) is 7.66. The van der Waals surface area contributed by atoms with E-state index in [4.69, 9.17) is 14.2 Å². The maximum absolute atomic E-state index is 12.3. The molecule has 28 heavy (non-hydrogen) atoms. The molecule has 0 spiro atoms. The monoisotopic (exact) mass is 451 g/mol. The van der Waals surface area contributed by atoms with Gasteiger partial charge in [-0.2, -0.15) is 5.10 Å². The molecule has 1 aliphatic heterocycles. The van der Waals surface area contributed by atoms with Gasteiger partial charge in [-0.15, -0.1) is 0 Å². The molecule has 2 heterocycles. The zero-order chi connectivity index (χ0) is 20.3. The fourth-order valence-corrected chi connectivity index (χ4v) is 3.51. The number of aryl methyl sites for hydroxylation is 1. The predicted molar refractivity (Wildman–Crippen MR) is 109 cm³/mol. The van der Waals surface area contributed by atoms with Gasteiger partial charge in [0.2, 0.25) is 5.88 Å². The van der Waals surface area contributed by atoms with Gasteiger partial charge in [0.1, 0.15) is 24.6 Å². The topological polar surface area (TPSA) is 65.8 Å². The minimum Gasteiger partial charge on any atom is -0.490 e. The summed E-state index contributed by atoms with van der Waals surface area (Å²) in [4.78, 5) is 14.1. The van der Waals surface area contributed by atoms with Crippen LogP contribution in [0.2, 0.25) is 0 Å². The fraction of sp³-hybridized carbons (Fsp3) is 0.500. The van der Waals surface area contributed by atoms with Gasteiger partial charge in [-0.05, 0) is 54.8 Å². The molecular formula is C20H26BrN3O4. The molecule has 0 N–H and O–H groups in total. The number of hydrogen-bond acceptors (Lipinski definition) is 5. The highest BCUT2D eigenvalue weighted by molar-refractivity contribution is 9.10. The number of halogens is 1. The Hall–Kier alpha value is -2.22. The van der Waals surface area contributed by atoms with Gasteiger partial charge in [0.25, 0.3) is 0 Å². The molecule has 2 aromatic rings. The third-order valence-corrected chi connectivity index (χ3v) is 4.84. The maximum atomic E-state index is 12.3. The van der Waals surface area contributed by atoms with E-state index in [0.29, 0.717) is 32.2 Å². The SMILES string of the molecule is Cn1ncc(Br)c1OCCOc1cccc2c1CCN(C(=O)OC(C)(C)C)C2. The van der Waals surface area contributed by atoms with Crippen LogP contribution in [0.5, 0.6) is 11.6 Å². The molecule has 0 aliphatic carbocycles. The Bertz CT molecular complexity index is 825. The number of benzene rings is 1. The van der Waals surface area contributed by atoms with Crippen LogP contribution >= 0.6 is 15.9 Å². The molecule has 0 saturated heterocycles. The lowest BCUT2D eigenvalue weighted by molar-refractivity contribution is 0.0223. The number of ether oxygens (including phenoxy) is 3. The molecule has 0 radical (unpaired) electrons. The summed E-state index contributed by atoms with van der Waals surface area (Å²) in [5.74, 6) is 1.51. The molecule has 0 saturated carbocycles. The third-order valence-electron chi connectivity index (χ3n) is 4.30. The van der Waals surface area contributed by atoms with Crippen LogP contribution < -0.4 is 9.47 Å². The van der Waals surface area contributed by atoms with E-state index in [-0.39, 0.29) is 6.09 Å². The summed E-state index contributed by atoms with van der Waals surface area (Å²) < 4.78 is 19.6. The second-order valence-corrected chi connectivity index (χ2v) is 8.52. The Morgan fingerprint density at radius 2 is 2.00 bits per heavy atom. The summed E-state index contributed by atoms with van der Waals surface area (Å²) in [5, 5.41) is 4.12. The van der Waals surface area contributed by atoms with Gasteiger partial charge in [0.05, 0.1) is 10.7 Å². The van der Waals surface area contributed by atoms with E-state index >= 15 is 0 Å². The highest BCUT2D eigenvalue weighted by atomic mass is 79.9. The van der Waals surface area contributed by atoms with Crippen molar-refractivity contribution in [3.8, 4) is 11.6 Å². The smallest absolute Gasteiger partial charge is 0.410 e. The summed E-state index contributed by atoms with van der Waals surface area (Å²) in [6.45, 7) is 7.60. The zero-order valence-corrected chi connectivity index (χ0v) is 18.3. The van der Waals surface area contributed by atoms with Crippen molar-refractivity contribution < 1.29 is 19.0 Å². The van der Waals surface area contributed by atoms with Crippen molar-refractivity contribution in [1.29, 1.82) is 0 Å². The van der Waals surface area contributed by atoms with Gasteiger partial charge in [-0.25, -0.2) is 9.48 Å². The van der Waals surface area contributed by atoms with Crippen LogP contribution in [0.4, 0.5) is 4.79 Å². The molecule has 3 rings (SSSR count). The second kappa shape index (κ2) is 8.43. The lowest BCUT2D eigenvalue weighted by Gasteiger charge is -2.31. The van der Waals surface area contributed by atoms with Crippen molar-refractivity contribution in [3.05, 3.63) is 40.0 Å². The maximum Gasteiger partial charge on any atom is 0.410 e. The van der Waals surface area contributed by atoms with Gasteiger partial charge >= 0.3 is 6.09 Å². The standard InChI is InChI=1S/C20H26BrN3O4/c1-20(2,3)28-19(25)24-9-8-15-14(13-24)6-5-7-17(15)26-10-11-27-18-16(21)12-22-23(18)4/h5-7,12H,8-11,13H2,1-4H3. The molecule has 0 unspecified atom stereocenters. The Labute approximate surface area is 173 Å². The lowest BCUT2D eigenvalue weighted by Crippen LogP contribution is -2.40. The van der Waals surface area contributed by atoms with Crippen LogP contribution in [0, 0.1) is 0 Å². The molecule has 7 nitrogen and oxygen atoms in total. The summed E-state index contributed by atoms with van der Waals surface area (Å²) in [6, 6.07) is 5.94. The van der Waals surface area contributed by atoms with E-state index in [2.05, 4.69) is 21.0 Å². The van der Waals surface area contributed by atoms with Crippen molar-refractivity contribution in [3.63, 3.8) is 0 Å². The molecule has 152 valence electrons. The Morgan fingerprint density at radius 1 is 1.25 bits per heavy atom. The number of fused-ring (bicyclic) bond motifs is 1. The summed E-state index contributed by atoms with van der Waals surface area (Å²) in [5.41, 5.74) is 1.74. The first kappa shape index (κ1) is 20.5. The third kappa shape index (κ3) is 4.98. The highest BCUT2D eigenvalue weighted by Gasteiger charge is 2.27. The van der Waals surface area contributed by atoms with Crippen molar-refractivity contribution in [1.82, 2.24) is 14.7 Å². The van der Waals surface area contributed by atoms with Crippen LogP contribution in [0.1, 0.15) is 31.9 Å². The van der Waals surface area contributed by atoms with Crippen LogP contribution in [0.3, 0.4) is 0 Å². The van der Waals surface area contributed by atoms with Gasteiger partial charge < -0.3 is 19.1 Å². The van der Waals surface area contributed by atoms with E-state index in [1.54, 1.807) is 15.8 Å². The Kier molecular flexibility index (Phi) is 6.17. The number of nitrogens with zero attached hydrogens (tertiary/aromatic N) is 3. The molecule has 1 aliphatic rings. The minimum atomic E-state index is -0.495. The molecular weight excluding hydrogens is 426 g/mol. The molecule has 1 aromatic carbocycles. The van der Waals surface area contributed by atoms with E-state index in [9.17, 15) is 4.79 Å². The normalized spacial score (nSPS) is 13.8. The first-order valence-electron chi connectivity index (χ1n) is 9.26. The Morgan fingerprint density at radius 3 is 2.68 bits per heavy atom. The number of carbonyl (C=O) groups excluding carboxylic acids is 1. The van der Waals surface area contributed by atoms with Crippen LogP contribution in [-0.2, 0) is 24.8 Å². The van der Waals surface area contributed by atoms with Crippen molar-refractivity contribution in [2.75, 3.05) is 19.8 Å². The fourth-order valence-electron chi connectivity index (χ4n) is 3.04. The number of amides is 1. The Balaban J connectivity index is 1.57. The number of carbonyl (C=O) groups is 1. The van der Waals surface area contributed by atoms with Gasteiger partial charge in [-0.1, -0.05) is 12.1 Å².